The van der Waals surface area contributed by atoms with E-state index in [1.54, 1.807) is 48.5 Å². The molecule has 4 N–H and O–H groups in total. The molecule has 4 atom stereocenters. The maximum atomic E-state index is 13.6. The summed E-state index contributed by atoms with van der Waals surface area (Å²) in [6.45, 7) is 0. The zero-order valence-corrected chi connectivity index (χ0v) is 17.1. The van der Waals surface area contributed by atoms with Gasteiger partial charge in [-0.1, -0.05) is 29.8 Å². The molecular weight excluding hydrogens is 420 g/mol. The second-order valence-corrected chi connectivity index (χ2v) is 8.49. The van der Waals surface area contributed by atoms with Gasteiger partial charge in [0.25, 0.3) is 0 Å². The molecule has 0 aliphatic carbocycles. The van der Waals surface area contributed by atoms with Gasteiger partial charge in [0.05, 0.1) is 17.5 Å². The van der Waals surface area contributed by atoms with Crippen LogP contribution in [-0.4, -0.2) is 29.7 Å². The van der Waals surface area contributed by atoms with E-state index in [0.29, 0.717) is 22.0 Å². The second kappa shape index (κ2) is 6.90. The molecule has 31 heavy (non-hydrogen) atoms. The fourth-order valence-corrected chi connectivity index (χ4v) is 5.28. The van der Waals surface area contributed by atoms with Gasteiger partial charge in [-0.15, -0.1) is 0 Å². The molecule has 0 aromatic heterocycles. The van der Waals surface area contributed by atoms with Crippen molar-refractivity contribution in [1.29, 1.82) is 0 Å². The van der Waals surface area contributed by atoms with Crippen molar-refractivity contribution in [3.05, 3.63) is 59.1 Å². The van der Waals surface area contributed by atoms with Crippen LogP contribution >= 0.6 is 11.6 Å². The largest absolute Gasteiger partial charge is 0.370 e. The Bertz CT molecular complexity index is 1130. The summed E-state index contributed by atoms with van der Waals surface area (Å²) in [4.78, 5) is 52.9. The minimum absolute atomic E-state index is 0.0304. The third-order valence-corrected chi connectivity index (χ3v) is 6.66. The van der Waals surface area contributed by atoms with Crippen molar-refractivity contribution in [2.24, 2.45) is 17.6 Å². The van der Waals surface area contributed by atoms with Crippen molar-refractivity contribution in [2.75, 3.05) is 10.2 Å². The third-order valence-electron chi connectivity index (χ3n) is 6.41. The van der Waals surface area contributed by atoms with E-state index in [-0.39, 0.29) is 18.7 Å². The third kappa shape index (κ3) is 2.72. The quantitative estimate of drug-likeness (QED) is 0.625. The predicted molar refractivity (Wildman–Crippen MR) is 113 cm³/mol. The van der Waals surface area contributed by atoms with Crippen LogP contribution < -0.4 is 21.3 Å². The molecule has 3 heterocycles. The van der Waals surface area contributed by atoms with Crippen molar-refractivity contribution < 1.29 is 19.2 Å². The van der Waals surface area contributed by atoms with Gasteiger partial charge in [-0.05, 0) is 36.8 Å². The number of carbonyl (C=O) groups is 4. The SMILES string of the molecule is NC(=O)CCC1NC2(C(=O)Nc3ccccc32)C2C(=O)N(c3ccc(Cl)cc3)C(=O)C12. The average molecular weight is 439 g/mol. The molecule has 5 rings (SSSR count). The number of rotatable bonds is 4. The lowest BCUT2D eigenvalue weighted by Gasteiger charge is -2.29. The number of halogens is 1. The Morgan fingerprint density at radius 3 is 2.48 bits per heavy atom. The van der Waals surface area contributed by atoms with E-state index in [0.717, 1.165) is 4.90 Å². The van der Waals surface area contributed by atoms with Crippen LogP contribution in [0.3, 0.4) is 0 Å². The van der Waals surface area contributed by atoms with Crippen LogP contribution in [0.2, 0.25) is 5.02 Å². The first-order valence-electron chi connectivity index (χ1n) is 9.95. The van der Waals surface area contributed by atoms with Gasteiger partial charge in [-0.2, -0.15) is 0 Å². The lowest BCUT2D eigenvalue weighted by Crippen LogP contribution is -2.53. The highest BCUT2D eigenvalue weighted by molar-refractivity contribution is 6.31. The lowest BCUT2D eigenvalue weighted by molar-refractivity contribution is -0.130. The van der Waals surface area contributed by atoms with Gasteiger partial charge >= 0.3 is 0 Å². The van der Waals surface area contributed by atoms with Gasteiger partial charge in [0, 0.05) is 28.7 Å². The number of hydrogen-bond acceptors (Lipinski definition) is 5. The van der Waals surface area contributed by atoms with Gasteiger partial charge in [0.15, 0.2) is 0 Å². The molecule has 2 aromatic carbocycles. The van der Waals surface area contributed by atoms with Crippen LogP contribution in [0.25, 0.3) is 0 Å². The molecular formula is C22H19ClN4O4. The molecule has 0 radical (unpaired) electrons. The van der Waals surface area contributed by atoms with Crippen LogP contribution in [0.5, 0.6) is 0 Å². The van der Waals surface area contributed by atoms with E-state index in [4.69, 9.17) is 17.3 Å². The van der Waals surface area contributed by atoms with Crippen molar-refractivity contribution in [3.8, 4) is 0 Å². The fraction of sp³-hybridized carbons (Fsp3) is 0.273. The molecule has 2 saturated heterocycles. The van der Waals surface area contributed by atoms with Crippen LogP contribution in [-0.2, 0) is 24.7 Å². The topological polar surface area (TPSA) is 122 Å². The number of imide groups is 1. The Morgan fingerprint density at radius 1 is 1.06 bits per heavy atom. The highest BCUT2D eigenvalue weighted by Crippen LogP contribution is 2.54. The summed E-state index contributed by atoms with van der Waals surface area (Å²) in [5.74, 6) is -3.52. The minimum Gasteiger partial charge on any atom is -0.370 e. The maximum absolute atomic E-state index is 13.6. The Hall–Kier alpha value is -3.23. The smallest absolute Gasteiger partial charge is 0.250 e. The number of nitrogens with one attached hydrogen (secondary N) is 2. The van der Waals surface area contributed by atoms with Crippen LogP contribution in [0.15, 0.2) is 48.5 Å². The molecule has 0 bridgehead atoms. The Kier molecular flexibility index (Phi) is 4.39. The molecule has 2 fully saturated rings. The van der Waals surface area contributed by atoms with Gasteiger partial charge < -0.3 is 11.1 Å². The summed E-state index contributed by atoms with van der Waals surface area (Å²) in [6, 6.07) is 12.9. The first-order valence-corrected chi connectivity index (χ1v) is 10.3. The van der Waals surface area contributed by atoms with Crippen molar-refractivity contribution in [3.63, 3.8) is 0 Å². The Morgan fingerprint density at radius 2 is 1.77 bits per heavy atom. The molecule has 4 unspecified atom stereocenters. The monoisotopic (exact) mass is 438 g/mol. The molecule has 158 valence electrons. The first-order chi connectivity index (χ1) is 14.8. The Labute approximate surface area is 182 Å². The van der Waals surface area contributed by atoms with Gasteiger partial charge in [0.2, 0.25) is 23.6 Å². The molecule has 8 nitrogen and oxygen atoms in total. The normalized spacial score (nSPS) is 28.7. The Balaban J connectivity index is 1.64. The van der Waals surface area contributed by atoms with E-state index >= 15 is 0 Å². The molecule has 1 spiro atoms. The van der Waals surface area contributed by atoms with Gasteiger partial charge in [-0.3, -0.25) is 24.5 Å². The standard InChI is InChI=1S/C22H19ClN4O4/c23-11-5-7-12(8-6-11)27-19(29)17-15(9-10-16(24)28)26-22(18(17)20(27)30)13-3-1-2-4-14(13)25-21(22)31/h1-8,15,17-18,26H,9-10H2,(H2,24,28)(H,25,31). The zero-order valence-electron chi connectivity index (χ0n) is 16.3. The number of primary amides is 1. The number of amides is 4. The number of anilines is 2. The van der Waals surface area contributed by atoms with E-state index in [9.17, 15) is 19.2 Å². The molecule has 3 aliphatic heterocycles. The summed E-state index contributed by atoms with van der Waals surface area (Å²) in [7, 11) is 0. The molecule has 0 saturated carbocycles. The summed E-state index contributed by atoms with van der Waals surface area (Å²) in [5.41, 5.74) is 5.55. The minimum atomic E-state index is -1.39. The van der Waals surface area contributed by atoms with Gasteiger partial charge in [0.1, 0.15) is 5.54 Å². The van der Waals surface area contributed by atoms with E-state index in [1.165, 1.54) is 0 Å². The molecule has 9 heteroatoms. The molecule has 3 aliphatic rings. The number of benzene rings is 2. The average Bonchev–Trinajstić information content (AvgIpc) is 3.32. The number of carbonyl (C=O) groups excluding carboxylic acids is 4. The van der Waals surface area contributed by atoms with Crippen molar-refractivity contribution >= 4 is 46.6 Å². The summed E-state index contributed by atoms with van der Waals surface area (Å²) >= 11 is 5.96. The second-order valence-electron chi connectivity index (χ2n) is 8.06. The molecule has 2 aromatic rings. The summed E-state index contributed by atoms with van der Waals surface area (Å²) in [6.07, 6.45) is 0.268. The van der Waals surface area contributed by atoms with Crippen molar-refractivity contribution in [2.45, 2.75) is 24.4 Å². The van der Waals surface area contributed by atoms with E-state index in [1.807, 2.05) is 0 Å². The summed E-state index contributed by atoms with van der Waals surface area (Å²) in [5, 5.41) is 6.57. The predicted octanol–water partition coefficient (Wildman–Crippen LogP) is 1.53. The maximum Gasteiger partial charge on any atom is 0.250 e. The number of nitrogens with two attached hydrogens (primary N) is 1. The highest BCUT2D eigenvalue weighted by Gasteiger charge is 2.70. The van der Waals surface area contributed by atoms with Crippen LogP contribution in [0.1, 0.15) is 18.4 Å². The van der Waals surface area contributed by atoms with Crippen molar-refractivity contribution in [1.82, 2.24) is 5.32 Å². The zero-order chi connectivity index (χ0) is 21.9. The first kappa shape index (κ1) is 19.7. The molecule has 4 amide bonds. The number of fused-ring (bicyclic) bond motifs is 4. The van der Waals surface area contributed by atoms with Crippen LogP contribution in [0.4, 0.5) is 11.4 Å². The fourth-order valence-electron chi connectivity index (χ4n) is 5.15. The highest BCUT2D eigenvalue weighted by atomic mass is 35.5. The lowest BCUT2D eigenvalue weighted by atomic mass is 9.76. The van der Waals surface area contributed by atoms with Crippen LogP contribution in [0, 0.1) is 11.8 Å². The van der Waals surface area contributed by atoms with Gasteiger partial charge in [-0.25, -0.2) is 4.90 Å². The van der Waals surface area contributed by atoms with E-state index < -0.39 is 41.1 Å². The summed E-state index contributed by atoms with van der Waals surface area (Å²) < 4.78 is 0. The number of para-hydroxylation sites is 1. The number of nitrogens with zero attached hydrogens (tertiary/aromatic N) is 1. The van der Waals surface area contributed by atoms with E-state index in [2.05, 4.69) is 10.6 Å². The number of hydrogen-bond donors (Lipinski definition) is 3.